The van der Waals surface area contributed by atoms with Crippen LogP contribution in [0.15, 0.2) is 29.2 Å². The maximum atomic E-state index is 11.4. The molecule has 18 heavy (non-hydrogen) atoms. The van der Waals surface area contributed by atoms with Crippen molar-refractivity contribution < 1.29 is 9.90 Å². The highest BCUT2D eigenvalue weighted by Gasteiger charge is 2.05. The van der Waals surface area contributed by atoms with Crippen LogP contribution in [0.5, 0.6) is 0 Å². The molecule has 5 heteroatoms. The molecule has 0 spiro atoms. The summed E-state index contributed by atoms with van der Waals surface area (Å²) < 4.78 is 0. The van der Waals surface area contributed by atoms with Gasteiger partial charge in [0.25, 0.3) is 0 Å². The summed E-state index contributed by atoms with van der Waals surface area (Å²) in [5, 5.41) is 12.2. The number of amides is 1. The van der Waals surface area contributed by atoms with Gasteiger partial charge in [-0.1, -0.05) is 11.6 Å². The fourth-order valence-electron chi connectivity index (χ4n) is 1.35. The highest BCUT2D eigenvalue weighted by Crippen LogP contribution is 2.21. The molecule has 0 bridgehead atoms. The van der Waals surface area contributed by atoms with Gasteiger partial charge in [-0.2, -0.15) is 0 Å². The Morgan fingerprint density at radius 2 is 2.11 bits per heavy atom. The molecular weight excluding hydrogens is 270 g/mol. The Balaban J connectivity index is 2.15. The molecule has 0 radical (unpaired) electrons. The zero-order valence-corrected chi connectivity index (χ0v) is 11.9. The van der Waals surface area contributed by atoms with Crippen LogP contribution in [0.1, 0.15) is 19.8 Å². The van der Waals surface area contributed by atoms with Crippen molar-refractivity contribution in [3.05, 3.63) is 29.3 Å². The van der Waals surface area contributed by atoms with Crippen molar-refractivity contribution in [2.24, 2.45) is 0 Å². The molecule has 1 amide bonds. The molecule has 1 rings (SSSR count). The predicted molar refractivity (Wildman–Crippen MR) is 76.1 cm³/mol. The summed E-state index contributed by atoms with van der Waals surface area (Å²) in [6.07, 6.45) is 1.31. The van der Waals surface area contributed by atoms with Gasteiger partial charge in [-0.05, 0) is 43.4 Å². The van der Waals surface area contributed by atoms with E-state index in [2.05, 4.69) is 5.32 Å². The third-order valence-electron chi connectivity index (χ3n) is 2.31. The number of carbonyl (C=O) groups is 1. The molecule has 0 aliphatic heterocycles. The SMILES string of the molecule is C[C@H](CO)NC(=O)CCCSc1ccc(Cl)cc1. The number of thioether (sulfide) groups is 1. The fraction of sp³-hybridized carbons (Fsp3) is 0.462. The van der Waals surface area contributed by atoms with Crippen LogP contribution in [0.25, 0.3) is 0 Å². The molecule has 0 aromatic heterocycles. The molecule has 1 atom stereocenters. The molecule has 0 fully saturated rings. The molecule has 2 N–H and O–H groups in total. The van der Waals surface area contributed by atoms with Crippen molar-refractivity contribution in [1.29, 1.82) is 0 Å². The number of hydrogen-bond acceptors (Lipinski definition) is 3. The Morgan fingerprint density at radius 1 is 1.44 bits per heavy atom. The lowest BCUT2D eigenvalue weighted by Crippen LogP contribution is -2.34. The Bertz CT molecular complexity index is 370. The normalized spacial score (nSPS) is 12.2. The average Bonchev–Trinajstić information content (AvgIpc) is 2.36. The minimum atomic E-state index is -0.165. The van der Waals surface area contributed by atoms with E-state index in [-0.39, 0.29) is 18.6 Å². The second-order valence-electron chi connectivity index (χ2n) is 4.06. The molecule has 0 saturated carbocycles. The monoisotopic (exact) mass is 287 g/mol. The van der Waals surface area contributed by atoms with E-state index in [9.17, 15) is 4.79 Å². The third kappa shape index (κ3) is 6.28. The van der Waals surface area contributed by atoms with Crippen LogP contribution in [0.4, 0.5) is 0 Å². The van der Waals surface area contributed by atoms with Crippen LogP contribution in [0, 0.1) is 0 Å². The highest BCUT2D eigenvalue weighted by molar-refractivity contribution is 7.99. The number of halogens is 1. The van der Waals surface area contributed by atoms with E-state index in [4.69, 9.17) is 16.7 Å². The van der Waals surface area contributed by atoms with Crippen molar-refractivity contribution in [3.8, 4) is 0 Å². The maximum absolute atomic E-state index is 11.4. The zero-order chi connectivity index (χ0) is 13.4. The third-order valence-corrected chi connectivity index (χ3v) is 3.66. The lowest BCUT2D eigenvalue weighted by atomic mass is 10.3. The summed E-state index contributed by atoms with van der Waals surface area (Å²) in [7, 11) is 0. The highest BCUT2D eigenvalue weighted by atomic mass is 35.5. The number of aliphatic hydroxyl groups excluding tert-OH is 1. The number of nitrogens with one attached hydrogen (secondary N) is 1. The van der Waals surface area contributed by atoms with Crippen molar-refractivity contribution >= 4 is 29.3 Å². The molecule has 0 saturated heterocycles. The van der Waals surface area contributed by atoms with Crippen molar-refractivity contribution in [2.45, 2.75) is 30.7 Å². The predicted octanol–water partition coefficient (Wildman–Crippen LogP) is 2.71. The van der Waals surface area contributed by atoms with Crippen LogP contribution in [-0.4, -0.2) is 29.4 Å². The number of rotatable bonds is 7. The molecule has 100 valence electrons. The molecule has 1 aromatic rings. The Kier molecular flexibility index (Phi) is 7.16. The van der Waals surface area contributed by atoms with Gasteiger partial charge in [0.15, 0.2) is 0 Å². The van der Waals surface area contributed by atoms with Gasteiger partial charge in [0.2, 0.25) is 5.91 Å². The van der Waals surface area contributed by atoms with E-state index < -0.39 is 0 Å². The summed E-state index contributed by atoms with van der Waals surface area (Å²) >= 11 is 7.50. The number of aliphatic hydroxyl groups is 1. The van der Waals surface area contributed by atoms with Crippen molar-refractivity contribution in [3.63, 3.8) is 0 Å². The van der Waals surface area contributed by atoms with Gasteiger partial charge in [-0.3, -0.25) is 4.79 Å². The Hall–Kier alpha value is -0.710. The van der Waals surface area contributed by atoms with Crippen LogP contribution in [0.3, 0.4) is 0 Å². The first-order chi connectivity index (χ1) is 8.61. The van der Waals surface area contributed by atoms with Crippen LogP contribution < -0.4 is 5.32 Å². The summed E-state index contributed by atoms with van der Waals surface area (Å²) in [6.45, 7) is 1.76. The van der Waals surface area contributed by atoms with E-state index >= 15 is 0 Å². The van der Waals surface area contributed by atoms with E-state index in [0.717, 1.165) is 22.1 Å². The molecule has 0 aliphatic carbocycles. The van der Waals surface area contributed by atoms with E-state index in [1.807, 2.05) is 24.3 Å². The molecule has 0 unspecified atom stereocenters. The van der Waals surface area contributed by atoms with E-state index in [1.165, 1.54) is 0 Å². The lowest BCUT2D eigenvalue weighted by molar-refractivity contribution is -0.121. The lowest BCUT2D eigenvalue weighted by Gasteiger charge is -2.10. The van der Waals surface area contributed by atoms with Gasteiger partial charge in [0.05, 0.1) is 6.61 Å². The molecule has 0 aliphatic rings. The van der Waals surface area contributed by atoms with Crippen LogP contribution in [-0.2, 0) is 4.79 Å². The van der Waals surface area contributed by atoms with Gasteiger partial charge >= 0.3 is 0 Å². The Labute approximate surface area is 117 Å². The van der Waals surface area contributed by atoms with E-state index in [0.29, 0.717) is 6.42 Å². The molecular formula is C13H18ClNO2S. The minimum Gasteiger partial charge on any atom is -0.394 e. The number of carbonyl (C=O) groups excluding carboxylic acids is 1. The van der Waals surface area contributed by atoms with Crippen LogP contribution >= 0.6 is 23.4 Å². The van der Waals surface area contributed by atoms with Crippen molar-refractivity contribution in [1.82, 2.24) is 5.32 Å². The first kappa shape index (κ1) is 15.3. The Morgan fingerprint density at radius 3 is 2.72 bits per heavy atom. The quantitative estimate of drug-likeness (QED) is 0.599. The van der Waals surface area contributed by atoms with Gasteiger partial charge < -0.3 is 10.4 Å². The molecule has 0 heterocycles. The summed E-state index contributed by atoms with van der Waals surface area (Å²) in [5.74, 6) is 0.885. The zero-order valence-electron chi connectivity index (χ0n) is 10.4. The maximum Gasteiger partial charge on any atom is 0.220 e. The first-order valence-corrected chi connectivity index (χ1v) is 7.26. The summed E-state index contributed by atoms with van der Waals surface area (Å²) in [4.78, 5) is 12.6. The smallest absolute Gasteiger partial charge is 0.220 e. The topological polar surface area (TPSA) is 49.3 Å². The van der Waals surface area contributed by atoms with Crippen LogP contribution in [0.2, 0.25) is 5.02 Å². The van der Waals surface area contributed by atoms with Gasteiger partial charge in [-0.15, -0.1) is 11.8 Å². The second-order valence-corrected chi connectivity index (χ2v) is 5.66. The summed E-state index contributed by atoms with van der Waals surface area (Å²) in [6, 6.07) is 7.50. The van der Waals surface area contributed by atoms with Gasteiger partial charge in [0.1, 0.15) is 0 Å². The molecule has 3 nitrogen and oxygen atoms in total. The standard InChI is InChI=1S/C13H18ClNO2S/c1-10(9-16)15-13(17)3-2-8-18-12-6-4-11(14)5-7-12/h4-7,10,16H,2-3,8-9H2,1H3,(H,15,17)/t10-/m1/s1. The largest absolute Gasteiger partial charge is 0.394 e. The van der Waals surface area contributed by atoms with Gasteiger partial charge in [-0.25, -0.2) is 0 Å². The van der Waals surface area contributed by atoms with Gasteiger partial charge in [0, 0.05) is 22.4 Å². The van der Waals surface area contributed by atoms with E-state index in [1.54, 1.807) is 18.7 Å². The molecule has 1 aromatic carbocycles. The summed E-state index contributed by atoms with van der Waals surface area (Å²) in [5.41, 5.74) is 0. The average molecular weight is 288 g/mol. The first-order valence-electron chi connectivity index (χ1n) is 5.90. The number of hydrogen-bond donors (Lipinski definition) is 2. The fourth-order valence-corrected chi connectivity index (χ4v) is 2.33. The van der Waals surface area contributed by atoms with Crippen molar-refractivity contribution in [2.75, 3.05) is 12.4 Å². The number of benzene rings is 1. The second kappa shape index (κ2) is 8.40. The minimum absolute atomic E-state index is 0.00624.